The normalized spacial score (nSPS) is 11.2. The summed E-state index contributed by atoms with van der Waals surface area (Å²) in [5, 5.41) is 7.45. The average Bonchev–Trinajstić information content (AvgIpc) is 2.90. The zero-order valence-electron chi connectivity index (χ0n) is 11.9. The molecule has 4 N–H and O–H groups in total. The van der Waals surface area contributed by atoms with Gasteiger partial charge < -0.3 is 10.5 Å². The molecule has 0 aliphatic heterocycles. The highest BCUT2D eigenvalue weighted by atomic mass is 32.2. The number of amidine groups is 1. The summed E-state index contributed by atoms with van der Waals surface area (Å²) in [5.41, 5.74) is 5.88. The van der Waals surface area contributed by atoms with Crippen LogP contribution in [-0.2, 0) is 10.0 Å². The molecule has 6 nitrogen and oxygen atoms in total. The van der Waals surface area contributed by atoms with Crippen molar-refractivity contribution >= 4 is 44.6 Å². The van der Waals surface area contributed by atoms with Gasteiger partial charge in [0.2, 0.25) is 0 Å². The lowest BCUT2D eigenvalue weighted by molar-refractivity contribution is 0.414. The molecule has 0 unspecified atom stereocenters. The zero-order chi connectivity index (χ0) is 16.3. The maximum absolute atomic E-state index is 12.4. The van der Waals surface area contributed by atoms with Gasteiger partial charge in [0, 0.05) is 0 Å². The summed E-state index contributed by atoms with van der Waals surface area (Å²) >= 11 is 2.67. The van der Waals surface area contributed by atoms with Gasteiger partial charge in [-0.1, -0.05) is 0 Å². The largest absolute Gasteiger partial charge is 0.497 e. The SMILES string of the molecule is COc1ccc(S(=O)(=O)Nc2cc(C(=N)N)sc2SC)cc1. The number of nitrogen functional groups attached to an aromatic ring is 1. The van der Waals surface area contributed by atoms with Crippen LogP contribution in [0.5, 0.6) is 5.75 Å². The fourth-order valence-electron chi connectivity index (χ4n) is 1.69. The third kappa shape index (κ3) is 3.54. The van der Waals surface area contributed by atoms with Crippen molar-refractivity contribution in [2.75, 3.05) is 18.1 Å². The second-order valence-corrected chi connectivity index (χ2v) is 8.02. The minimum atomic E-state index is -3.71. The van der Waals surface area contributed by atoms with Crippen molar-refractivity contribution in [1.82, 2.24) is 0 Å². The Balaban J connectivity index is 2.33. The molecule has 9 heteroatoms. The molecule has 1 aromatic heterocycles. The number of ether oxygens (including phenoxy) is 1. The molecule has 118 valence electrons. The molecule has 0 saturated carbocycles. The highest BCUT2D eigenvalue weighted by Crippen LogP contribution is 2.36. The lowest BCUT2D eigenvalue weighted by Gasteiger charge is -2.08. The average molecular weight is 357 g/mol. The van der Waals surface area contributed by atoms with Gasteiger partial charge in [-0.3, -0.25) is 10.1 Å². The van der Waals surface area contributed by atoms with E-state index in [9.17, 15) is 8.42 Å². The first-order valence-electron chi connectivity index (χ1n) is 6.06. The number of hydrogen-bond donors (Lipinski definition) is 3. The van der Waals surface area contributed by atoms with Gasteiger partial charge in [0.15, 0.2) is 0 Å². The minimum Gasteiger partial charge on any atom is -0.497 e. The maximum Gasteiger partial charge on any atom is 0.261 e. The number of thiophene rings is 1. The van der Waals surface area contributed by atoms with Gasteiger partial charge in [0.1, 0.15) is 11.6 Å². The quantitative estimate of drug-likeness (QED) is 0.419. The number of thioether (sulfide) groups is 1. The zero-order valence-corrected chi connectivity index (χ0v) is 14.4. The van der Waals surface area contributed by atoms with Gasteiger partial charge in [-0.15, -0.1) is 23.1 Å². The van der Waals surface area contributed by atoms with Crippen molar-refractivity contribution in [3.05, 3.63) is 35.2 Å². The highest BCUT2D eigenvalue weighted by molar-refractivity contribution is 8.00. The van der Waals surface area contributed by atoms with Crippen LogP contribution in [0.25, 0.3) is 0 Å². The van der Waals surface area contributed by atoms with Crippen LogP contribution in [0.2, 0.25) is 0 Å². The molecule has 0 aliphatic carbocycles. The monoisotopic (exact) mass is 357 g/mol. The van der Waals surface area contributed by atoms with E-state index < -0.39 is 10.0 Å². The van der Waals surface area contributed by atoms with E-state index in [1.807, 2.05) is 6.26 Å². The predicted octanol–water partition coefficient (Wildman–Crippen LogP) is 2.56. The molecule has 22 heavy (non-hydrogen) atoms. The molecule has 1 heterocycles. The number of methoxy groups -OCH3 is 1. The summed E-state index contributed by atoms with van der Waals surface area (Å²) in [7, 11) is -2.19. The van der Waals surface area contributed by atoms with Crippen molar-refractivity contribution in [1.29, 1.82) is 5.41 Å². The van der Waals surface area contributed by atoms with Crippen LogP contribution in [0.15, 0.2) is 39.4 Å². The van der Waals surface area contributed by atoms with Gasteiger partial charge in [-0.05, 0) is 36.6 Å². The predicted molar refractivity (Wildman–Crippen MR) is 90.9 cm³/mol. The van der Waals surface area contributed by atoms with Crippen LogP contribution in [0, 0.1) is 5.41 Å². The Bertz CT molecular complexity index is 783. The van der Waals surface area contributed by atoms with Crippen molar-refractivity contribution in [3.8, 4) is 5.75 Å². The summed E-state index contributed by atoms with van der Waals surface area (Å²) in [4.78, 5) is 0.660. The summed E-state index contributed by atoms with van der Waals surface area (Å²) in [5.74, 6) is 0.494. The molecule has 2 aromatic rings. The Morgan fingerprint density at radius 2 is 2.00 bits per heavy atom. The van der Waals surface area contributed by atoms with Crippen LogP contribution in [0.4, 0.5) is 5.69 Å². The number of hydrogen-bond acceptors (Lipinski definition) is 6. The van der Waals surface area contributed by atoms with Gasteiger partial charge in [0.25, 0.3) is 10.0 Å². The van der Waals surface area contributed by atoms with Crippen molar-refractivity contribution in [2.45, 2.75) is 9.10 Å². The van der Waals surface area contributed by atoms with E-state index in [1.165, 1.54) is 42.3 Å². The smallest absolute Gasteiger partial charge is 0.261 e. The van der Waals surface area contributed by atoms with Crippen LogP contribution >= 0.6 is 23.1 Å². The molecule has 0 bridgehead atoms. The molecule has 2 rings (SSSR count). The first-order valence-corrected chi connectivity index (χ1v) is 9.59. The van der Waals surface area contributed by atoms with E-state index in [1.54, 1.807) is 18.2 Å². The number of benzene rings is 1. The Kier molecular flexibility index (Phi) is 4.99. The van der Waals surface area contributed by atoms with E-state index in [0.717, 1.165) is 4.21 Å². The second kappa shape index (κ2) is 6.59. The molecule has 0 spiro atoms. The number of rotatable bonds is 6. The van der Waals surface area contributed by atoms with E-state index in [-0.39, 0.29) is 10.7 Å². The topological polar surface area (TPSA) is 105 Å². The third-order valence-electron chi connectivity index (χ3n) is 2.76. The number of sulfonamides is 1. The highest BCUT2D eigenvalue weighted by Gasteiger charge is 2.18. The minimum absolute atomic E-state index is 0.0878. The summed E-state index contributed by atoms with van der Waals surface area (Å²) in [6.45, 7) is 0. The summed E-state index contributed by atoms with van der Waals surface area (Å²) in [6, 6.07) is 7.67. The van der Waals surface area contributed by atoms with Crippen molar-refractivity contribution < 1.29 is 13.2 Å². The van der Waals surface area contributed by atoms with E-state index in [0.29, 0.717) is 16.3 Å². The molecule has 0 radical (unpaired) electrons. The Hall–Kier alpha value is -1.71. The lowest BCUT2D eigenvalue weighted by atomic mass is 10.3. The van der Waals surface area contributed by atoms with Gasteiger partial charge in [-0.2, -0.15) is 0 Å². The second-order valence-electron chi connectivity index (χ2n) is 4.21. The van der Waals surface area contributed by atoms with Crippen LogP contribution in [-0.4, -0.2) is 27.6 Å². The van der Waals surface area contributed by atoms with Crippen LogP contribution in [0.1, 0.15) is 4.88 Å². The standard InChI is InChI=1S/C13H15N3O3S3/c1-19-8-3-5-9(6-4-8)22(17,18)16-10-7-11(12(14)15)21-13(10)20-2/h3-7,16H,1-2H3,(H3,14,15). The van der Waals surface area contributed by atoms with E-state index in [4.69, 9.17) is 15.9 Å². The fourth-order valence-corrected chi connectivity index (χ4v) is 4.52. The molecule has 0 saturated heterocycles. The Labute approximate surface area is 137 Å². The van der Waals surface area contributed by atoms with Gasteiger partial charge >= 0.3 is 0 Å². The molecule has 1 aromatic carbocycles. The van der Waals surface area contributed by atoms with E-state index >= 15 is 0 Å². The van der Waals surface area contributed by atoms with E-state index in [2.05, 4.69) is 4.72 Å². The third-order valence-corrected chi connectivity index (χ3v) is 6.45. The van der Waals surface area contributed by atoms with Crippen LogP contribution < -0.4 is 15.2 Å². The Morgan fingerprint density at radius 1 is 1.36 bits per heavy atom. The summed E-state index contributed by atoms with van der Waals surface area (Å²) < 4.78 is 33.1. The number of nitrogens with one attached hydrogen (secondary N) is 2. The molecule has 0 atom stereocenters. The van der Waals surface area contributed by atoms with Crippen molar-refractivity contribution in [2.24, 2.45) is 5.73 Å². The number of anilines is 1. The molecule has 0 amide bonds. The molecular weight excluding hydrogens is 342 g/mol. The summed E-state index contributed by atoms with van der Waals surface area (Å²) in [6.07, 6.45) is 1.83. The molecular formula is C13H15N3O3S3. The molecule has 0 fully saturated rings. The number of nitrogens with two attached hydrogens (primary N) is 1. The first-order chi connectivity index (χ1) is 10.4. The Morgan fingerprint density at radius 3 is 2.50 bits per heavy atom. The molecule has 0 aliphatic rings. The maximum atomic E-state index is 12.4. The van der Waals surface area contributed by atoms with Crippen LogP contribution in [0.3, 0.4) is 0 Å². The van der Waals surface area contributed by atoms with Gasteiger partial charge in [-0.25, -0.2) is 8.42 Å². The first kappa shape index (κ1) is 16.7. The van der Waals surface area contributed by atoms with Gasteiger partial charge in [0.05, 0.1) is 26.8 Å². The fraction of sp³-hybridized carbons (Fsp3) is 0.154. The lowest BCUT2D eigenvalue weighted by Crippen LogP contribution is -2.13. The van der Waals surface area contributed by atoms with Crippen molar-refractivity contribution in [3.63, 3.8) is 0 Å².